The Morgan fingerprint density at radius 1 is 1.52 bits per heavy atom. The monoisotopic (exact) mass is 299 g/mol. The summed E-state index contributed by atoms with van der Waals surface area (Å²) in [5, 5.41) is 2.24. The Balaban J connectivity index is 2.56. The third kappa shape index (κ3) is 5.06. The molecule has 21 heavy (non-hydrogen) atoms. The molecule has 0 aromatic carbocycles. The highest BCUT2D eigenvalue weighted by Crippen LogP contribution is 2.33. The second-order valence-electron chi connectivity index (χ2n) is 5.60. The summed E-state index contributed by atoms with van der Waals surface area (Å²) in [5.41, 5.74) is 0.936. The first kappa shape index (κ1) is 17.5. The fraction of sp³-hybridized carbons (Fsp3) is 0.625. The van der Waals surface area contributed by atoms with E-state index in [1.54, 1.807) is 13.0 Å². The van der Waals surface area contributed by atoms with Crippen molar-refractivity contribution in [2.24, 2.45) is 5.92 Å². The van der Waals surface area contributed by atoms with Gasteiger partial charge in [-0.25, -0.2) is 0 Å². The number of hydrogen-bond donors (Lipinski definition) is 1. The van der Waals surface area contributed by atoms with Crippen LogP contribution in [-0.2, 0) is 9.59 Å². The summed E-state index contributed by atoms with van der Waals surface area (Å²) in [6.07, 6.45) is 3.29. The summed E-state index contributed by atoms with van der Waals surface area (Å²) >= 11 is 0. The predicted octanol–water partition coefficient (Wildman–Crippen LogP) is 3.41. The number of halogens is 2. The molecule has 0 saturated carbocycles. The number of hydrogen-bond acceptors (Lipinski definition) is 2. The van der Waals surface area contributed by atoms with E-state index in [0.717, 1.165) is 6.42 Å². The molecule has 1 N–H and O–H groups in total. The average molecular weight is 299 g/mol. The highest BCUT2D eigenvalue weighted by atomic mass is 19.3. The quantitative estimate of drug-likeness (QED) is 0.578. The Hall–Kier alpha value is -1.52. The summed E-state index contributed by atoms with van der Waals surface area (Å²) in [5.74, 6) is -5.06. The zero-order chi connectivity index (χ0) is 16.0. The first-order valence-electron chi connectivity index (χ1n) is 7.31. The maximum absolute atomic E-state index is 13.9. The summed E-state index contributed by atoms with van der Waals surface area (Å²) in [6, 6.07) is 0. The molecule has 1 rings (SSSR count). The Bertz CT molecular complexity index is 455. The van der Waals surface area contributed by atoms with Gasteiger partial charge in [0.25, 0.3) is 5.91 Å². The molecule has 0 unspecified atom stereocenters. The maximum Gasteiger partial charge on any atom is 0.328 e. The van der Waals surface area contributed by atoms with E-state index in [2.05, 4.69) is 11.9 Å². The molecule has 1 aliphatic carbocycles. The molecule has 5 heteroatoms. The molecule has 0 saturated heterocycles. The van der Waals surface area contributed by atoms with Crippen LogP contribution in [0.15, 0.2) is 23.8 Å². The van der Waals surface area contributed by atoms with Gasteiger partial charge in [-0.1, -0.05) is 31.6 Å². The van der Waals surface area contributed by atoms with Crippen LogP contribution in [0.1, 0.15) is 46.0 Å². The number of carbonyl (C=O) groups is 2. The molecule has 0 radical (unpaired) electrons. The molecule has 0 spiro atoms. The van der Waals surface area contributed by atoms with Crippen molar-refractivity contribution in [2.75, 3.05) is 6.54 Å². The number of ketones is 1. The molecule has 0 bridgehead atoms. The summed E-state index contributed by atoms with van der Waals surface area (Å²) in [4.78, 5) is 23.1. The SMILES string of the molecule is C=C(CC(F)(F)C(=O)NCCCC)[C@H]1CC=C(C)C(=O)C1. The molecule has 1 aliphatic rings. The first-order chi connectivity index (χ1) is 9.77. The van der Waals surface area contributed by atoms with Gasteiger partial charge < -0.3 is 5.32 Å². The molecule has 0 heterocycles. The highest BCUT2D eigenvalue weighted by molar-refractivity contribution is 5.95. The Morgan fingerprint density at radius 2 is 2.19 bits per heavy atom. The molecule has 0 aliphatic heterocycles. The van der Waals surface area contributed by atoms with Gasteiger partial charge in [-0.05, 0) is 31.3 Å². The lowest BCUT2D eigenvalue weighted by Crippen LogP contribution is -2.41. The van der Waals surface area contributed by atoms with Gasteiger partial charge in [0, 0.05) is 19.4 Å². The number of Topliss-reactive ketones (excluding diaryl/α,β-unsaturated/α-hetero) is 1. The second-order valence-corrected chi connectivity index (χ2v) is 5.60. The van der Waals surface area contributed by atoms with Gasteiger partial charge >= 0.3 is 5.92 Å². The van der Waals surface area contributed by atoms with Gasteiger partial charge in [0.05, 0.1) is 0 Å². The number of nitrogens with one attached hydrogen (secondary N) is 1. The number of allylic oxidation sites excluding steroid dienone is 3. The van der Waals surface area contributed by atoms with Crippen LogP contribution in [0.25, 0.3) is 0 Å². The fourth-order valence-electron chi connectivity index (χ4n) is 2.23. The molecule has 0 aromatic heterocycles. The van der Waals surface area contributed by atoms with E-state index in [1.807, 2.05) is 6.92 Å². The number of unbranched alkanes of at least 4 members (excludes halogenated alkanes) is 1. The molecule has 0 fully saturated rings. The van der Waals surface area contributed by atoms with E-state index >= 15 is 0 Å². The zero-order valence-electron chi connectivity index (χ0n) is 12.7. The van der Waals surface area contributed by atoms with E-state index in [0.29, 0.717) is 18.4 Å². The lowest BCUT2D eigenvalue weighted by molar-refractivity contribution is -0.145. The number of amides is 1. The van der Waals surface area contributed by atoms with Crippen LogP contribution in [-0.4, -0.2) is 24.2 Å². The van der Waals surface area contributed by atoms with Crippen LogP contribution >= 0.6 is 0 Å². The van der Waals surface area contributed by atoms with Gasteiger partial charge in [0.15, 0.2) is 5.78 Å². The van der Waals surface area contributed by atoms with Gasteiger partial charge in [-0.2, -0.15) is 8.78 Å². The van der Waals surface area contributed by atoms with Gasteiger partial charge in [-0.15, -0.1) is 0 Å². The van der Waals surface area contributed by atoms with Crippen molar-refractivity contribution < 1.29 is 18.4 Å². The molecule has 118 valence electrons. The summed E-state index contributed by atoms with van der Waals surface area (Å²) < 4.78 is 27.7. The molecule has 0 aromatic rings. The van der Waals surface area contributed by atoms with Crippen LogP contribution < -0.4 is 5.32 Å². The second kappa shape index (κ2) is 7.48. The number of rotatable bonds is 7. The Labute approximate surface area is 124 Å². The molecule has 3 nitrogen and oxygen atoms in total. The van der Waals surface area contributed by atoms with Crippen molar-refractivity contribution in [1.29, 1.82) is 0 Å². The standard InChI is InChI=1S/C16H23F2NO2/c1-4-5-8-19-15(21)16(17,18)10-12(3)13-7-6-11(2)14(20)9-13/h6,13H,3-5,7-10H2,1-2H3,(H,19,21)/t13-/m0/s1. The zero-order valence-corrected chi connectivity index (χ0v) is 12.7. The van der Waals surface area contributed by atoms with E-state index in [1.165, 1.54) is 0 Å². The molecule has 1 atom stereocenters. The normalized spacial score (nSPS) is 19.1. The molecular weight excluding hydrogens is 276 g/mol. The van der Waals surface area contributed by atoms with E-state index in [9.17, 15) is 18.4 Å². The largest absolute Gasteiger partial charge is 0.351 e. The predicted molar refractivity (Wildman–Crippen MR) is 78.1 cm³/mol. The lowest BCUT2D eigenvalue weighted by atomic mass is 9.82. The molecule has 1 amide bonds. The van der Waals surface area contributed by atoms with Crippen molar-refractivity contribution >= 4 is 11.7 Å². The van der Waals surface area contributed by atoms with Crippen molar-refractivity contribution in [2.45, 2.75) is 51.9 Å². The minimum atomic E-state index is -3.47. The van der Waals surface area contributed by atoms with Crippen LogP contribution in [0.4, 0.5) is 8.78 Å². The average Bonchev–Trinajstić information content (AvgIpc) is 2.41. The van der Waals surface area contributed by atoms with Crippen LogP contribution in [0, 0.1) is 5.92 Å². The number of alkyl halides is 2. The fourth-order valence-corrected chi connectivity index (χ4v) is 2.23. The minimum Gasteiger partial charge on any atom is -0.351 e. The van der Waals surface area contributed by atoms with Crippen LogP contribution in [0.2, 0.25) is 0 Å². The number of carbonyl (C=O) groups excluding carboxylic acids is 2. The van der Waals surface area contributed by atoms with E-state index in [-0.39, 0.29) is 30.2 Å². The van der Waals surface area contributed by atoms with Crippen molar-refractivity contribution in [1.82, 2.24) is 5.32 Å². The van der Waals surface area contributed by atoms with Crippen molar-refractivity contribution in [3.05, 3.63) is 23.8 Å². The Kier molecular flexibility index (Phi) is 6.24. The Morgan fingerprint density at radius 3 is 2.76 bits per heavy atom. The lowest BCUT2D eigenvalue weighted by Gasteiger charge is -2.24. The summed E-state index contributed by atoms with van der Waals surface area (Å²) in [6.45, 7) is 7.55. The van der Waals surface area contributed by atoms with Gasteiger partial charge in [-0.3, -0.25) is 9.59 Å². The molecular formula is C16H23F2NO2. The minimum absolute atomic E-state index is 0.0388. The van der Waals surface area contributed by atoms with Crippen LogP contribution in [0.5, 0.6) is 0 Å². The van der Waals surface area contributed by atoms with Crippen LogP contribution in [0.3, 0.4) is 0 Å². The summed E-state index contributed by atoms with van der Waals surface area (Å²) in [7, 11) is 0. The van der Waals surface area contributed by atoms with E-state index in [4.69, 9.17) is 0 Å². The highest BCUT2D eigenvalue weighted by Gasteiger charge is 2.40. The van der Waals surface area contributed by atoms with E-state index < -0.39 is 18.3 Å². The maximum atomic E-state index is 13.9. The smallest absolute Gasteiger partial charge is 0.328 e. The third-order valence-electron chi connectivity index (χ3n) is 3.75. The van der Waals surface area contributed by atoms with Crippen molar-refractivity contribution in [3.63, 3.8) is 0 Å². The third-order valence-corrected chi connectivity index (χ3v) is 3.75. The topological polar surface area (TPSA) is 46.2 Å². The van der Waals surface area contributed by atoms with Gasteiger partial charge in [0.2, 0.25) is 0 Å². The van der Waals surface area contributed by atoms with Crippen molar-refractivity contribution in [3.8, 4) is 0 Å². The first-order valence-corrected chi connectivity index (χ1v) is 7.31. The van der Waals surface area contributed by atoms with Gasteiger partial charge in [0.1, 0.15) is 0 Å².